The molecule has 3 nitrogen and oxygen atoms in total. The van der Waals surface area contributed by atoms with Crippen molar-refractivity contribution in [3.05, 3.63) is 23.5 Å². The van der Waals surface area contributed by atoms with Gasteiger partial charge in [0.05, 0.1) is 12.5 Å². The topological polar surface area (TPSA) is 60.5 Å². The number of rotatable bonds is 3. The molecule has 0 saturated heterocycles. The molecular weight excluding hydrogens is 194 g/mol. The van der Waals surface area contributed by atoms with Crippen LogP contribution in [-0.2, 0) is 6.42 Å². The van der Waals surface area contributed by atoms with Gasteiger partial charge in [-0.15, -0.1) is 11.8 Å². The lowest BCUT2D eigenvalue weighted by Crippen LogP contribution is -1.91. The molecule has 0 aliphatic rings. The fourth-order valence-electron chi connectivity index (χ4n) is 1.02. The molecule has 14 heavy (non-hydrogen) atoms. The number of thioether (sulfide) groups is 1. The lowest BCUT2D eigenvalue weighted by molar-refractivity contribution is 1.11. The van der Waals surface area contributed by atoms with Crippen LogP contribution in [0.4, 0.5) is 0 Å². The molecule has 1 aromatic rings. The Labute approximate surface area is 87.4 Å². The van der Waals surface area contributed by atoms with Crippen molar-refractivity contribution >= 4 is 11.8 Å². The first kappa shape index (κ1) is 10.6. The zero-order valence-corrected chi connectivity index (χ0v) is 8.64. The summed E-state index contributed by atoms with van der Waals surface area (Å²) in [5.74, 6) is 0.895. The van der Waals surface area contributed by atoms with Gasteiger partial charge in [0.25, 0.3) is 0 Å². The van der Waals surface area contributed by atoms with Gasteiger partial charge in [0.1, 0.15) is 6.07 Å². The maximum absolute atomic E-state index is 8.78. The number of hydrogen-bond acceptors (Lipinski definition) is 4. The minimum absolute atomic E-state index is 0.343. The van der Waals surface area contributed by atoms with Crippen molar-refractivity contribution in [1.82, 2.24) is 4.98 Å². The van der Waals surface area contributed by atoms with Gasteiger partial charge in [-0.2, -0.15) is 10.5 Å². The predicted octanol–water partition coefficient (Wildman–Crippen LogP) is 2.13. The van der Waals surface area contributed by atoms with E-state index in [4.69, 9.17) is 10.5 Å². The van der Waals surface area contributed by atoms with Crippen molar-refractivity contribution in [3.8, 4) is 12.1 Å². The van der Waals surface area contributed by atoms with Crippen LogP contribution in [0.25, 0.3) is 0 Å². The van der Waals surface area contributed by atoms with Crippen molar-refractivity contribution in [1.29, 1.82) is 10.5 Å². The fraction of sp³-hybridized carbons (Fsp3) is 0.300. The molecule has 1 rings (SSSR count). The van der Waals surface area contributed by atoms with Gasteiger partial charge >= 0.3 is 0 Å². The van der Waals surface area contributed by atoms with E-state index in [0.29, 0.717) is 12.1 Å². The minimum atomic E-state index is 0.343. The highest BCUT2D eigenvalue weighted by Gasteiger charge is 2.04. The Bertz CT molecular complexity index is 401. The summed E-state index contributed by atoms with van der Waals surface area (Å²) in [7, 11) is 0. The molecule has 0 spiro atoms. The summed E-state index contributed by atoms with van der Waals surface area (Å²) in [6, 6.07) is 5.96. The van der Waals surface area contributed by atoms with Gasteiger partial charge in [-0.05, 0) is 17.4 Å². The van der Waals surface area contributed by atoms with Crippen LogP contribution in [0, 0.1) is 22.7 Å². The summed E-state index contributed by atoms with van der Waals surface area (Å²) in [6.07, 6.45) is 1.93. The van der Waals surface area contributed by atoms with Crippen molar-refractivity contribution in [3.63, 3.8) is 0 Å². The van der Waals surface area contributed by atoms with Crippen LogP contribution < -0.4 is 0 Å². The molecule has 0 amide bonds. The lowest BCUT2D eigenvalue weighted by Gasteiger charge is -2.02. The van der Waals surface area contributed by atoms with E-state index >= 15 is 0 Å². The molecule has 1 aromatic heterocycles. The molecule has 1 heterocycles. The summed E-state index contributed by atoms with van der Waals surface area (Å²) in [5, 5.41) is 17.3. The molecule has 0 bridgehead atoms. The summed E-state index contributed by atoms with van der Waals surface area (Å²) >= 11 is 1.57. The summed E-state index contributed by atoms with van der Waals surface area (Å²) in [5.41, 5.74) is 1.31. The molecule has 0 saturated carbocycles. The number of nitrogens with zero attached hydrogens (tertiary/aromatic N) is 3. The van der Waals surface area contributed by atoms with Crippen LogP contribution in [0.1, 0.15) is 18.2 Å². The SMILES string of the molecule is CCSc1cc(CC#N)cnc1C#N. The fourth-order valence-corrected chi connectivity index (χ4v) is 1.80. The van der Waals surface area contributed by atoms with Crippen molar-refractivity contribution in [2.45, 2.75) is 18.2 Å². The van der Waals surface area contributed by atoms with Gasteiger partial charge in [0.15, 0.2) is 5.69 Å². The highest BCUT2D eigenvalue weighted by Crippen LogP contribution is 2.21. The summed E-state index contributed by atoms with van der Waals surface area (Å²) in [4.78, 5) is 4.86. The van der Waals surface area contributed by atoms with E-state index in [1.165, 1.54) is 0 Å². The van der Waals surface area contributed by atoms with Crippen molar-refractivity contribution in [2.24, 2.45) is 0 Å². The van der Waals surface area contributed by atoms with Gasteiger partial charge in [0.2, 0.25) is 0 Å². The average Bonchev–Trinajstić information content (AvgIpc) is 2.19. The Hall–Kier alpha value is -1.52. The molecular formula is C10H9N3S. The summed E-state index contributed by atoms with van der Waals surface area (Å²) < 4.78 is 0. The Morgan fingerprint density at radius 1 is 1.50 bits per heavy atom. The molecule has 0 aliphatic carbocycles. The van der Waals surface area contributed by atoms with Gasteiger partial charge in [-0.25, -0.2) is 4.98 Å². The third-order valence-corrected chi connectivity index (χ3v) is 2.51. The summed E-state index contributed by atoms with van der Waals surface area (Å²) in [6.45, 7) is 2.02. The zero-order chi connectivity index (χ0) is 10.4. The highest BCUT2D eigenvalue weighted by atomic mass is 32.2. The molecule has 0 aliphatic heterocycles. The standard InChI is InChI=1S/C10H9N3S/c1-2-14-10-5-8(3-4-11)7-13-9(10)6-12/h5,7H,2-3H2,1H3. The van der Waals surface area contributed by atoms with E-state index in [0.717, 1.165) is 16.2 Å². The first-order valence-corrected chi connectivity index (χ1v) is 5.19. The Morgan fingerprint density at radius 2 is 2.29 bits per heavy atom. The lowest BCUT2D eigenvalue weighted by atomic mass is 10.2. The zero-order valence-electron chi connectivity index (χ0n) is 7.82. The average molecular weight is 203 g/mol. The second-order valence-corrected chi connectivity index (χ2v) is 3.88. The normalized spacial score (nSPS) is 9.07. The predicted molar refractivity (Wildman–Crippen MR) is 54.7 cm³/mol. The van der Waals surface area contributed by atoms with Crippen LogP contribution >= 0.6 is 11.8 Å². The van der Waals surface area contributed by atoms with E-state index in [2.05, 4.69) is 11.1 Å². The number of nitriles is 2. The number of hydrogen-bond donors (Lipinski definition) is 0. The van der Waals surface area contributed by atoms with Crippen molar-refractivity contribution in [2.75, 3.05) is 5.75 Å². The third-order valence-electron chi connectivity index (χ3n) is 1.60. The Balaban J connectivity index is 3.03. The Morgan fingerprint density at radius 3 is 2.86 bits per heavy atom. The molecule has 0 aromatic carbocycles. The van der Waals surface area contributed by atoms with Crippen LogP contribution in [-0.4, -0.2) is 10.7 Å². The number of pyridine rings is 1. The molecule has 0 atom stereocenters. The highest BCUT2D eigenvalue weighted by molar-refractivity contribution is 7.99. The van der Waals surface area contributed by atoms with Crippen molar-refractivity contribution < 1.29 is 0 Å². The largest absolute Gasteiger partial charge is 0.244 e. The molecule has 4 heteroatoms. The van der Waals surface area contributed by atoms with Crippen LogP contribution in [0.2, 0.25) is 0 Å². The molecule has 0 fully saturated rings. The van der Waals surface area contributed by atoms with E-state index in [1.54, 1.807) is 18.0 Å². The molecule has 0 radical (unpaired) electrons. The van der Waals surface area contributed by atoms with Crippen LogP contribution in [0.5, 0.6) is 0 Å². The molecule has 0 unspecified atom stereocenters. The van der Waals surface area contributed by atoms with Gasteiger partial charge in [0, 0.05) is 11.1 Å². The first-order chi connectivity index (χ1) is 6.81. The maximum atomic E-state index is 8.78. The van der Waals surface area contributed by atoms with E-state index < -0.39 is 0 Å². The van der Waals surface area contributed by atoms with E-state index in [9.17, 15) is 0 Å². The third kappa shape index (κ3) is 2.48. The second kappa shape index (κ2) is 5.26. The monoisotopic (exact) mass is 203 g/mol. The Kier molecular flexibility index (Phi) is 3.97. The maximum Gasteiger partial charge on any atom is 0.153 e. The smallest absolute Gasteiger partial charge is 0.153 e. The molecule has 0 N–H and O–H groups in total. The van der Waals surface area contributed by atoms with Crippen LogP contribution in [0.3, 0.4) is 0 Å². The molecule has 70 valence electrons. The van der Waals surface area contributed by atoms with Crippen LogP contribution in [0.15, 0.2) is 17.2 Å². The number of aromatic nitrogens is 1. The van der Waals surface area contributed by atoms with E-state index in [1.807, 2.05) is 19.1 Å². The quantitative estimate of drug-likeness (QED) is 0.706. The minimum Gasteiger partial charge on any atom is -0.244 e. The van der Waals surface area contributed by atoms with E-state index in [-0.39, 0.29) is 0 Å². The van der Waals surface area contributed by atoms with Gasteiger partial charge in [-0.3, -0.25) is 0 Å². The second-order valence-electron chi connectivity index (χ2n) is 2.57. The first-order valence-electron chi connectivity index (χ1n) is 4.20. The van der Waals surface area contributed by atoms with Gasteiger partial charge in [-0.1, -0.05) is 6.92 Å². The van der Waals surface area contributed by atoms with Gasteiger partial charge < -0.3 is 0 Å².